The van der Waals surface area contributed by atoms with Gasteiger partial charge in [0.2, 0.25) is 0 Å². The topological polar surface area (TPSA) is 84.0 Å². The maximum absolute atomic E-state index is 10.3. The third-order valence-corrected chi connectivity index (χ3v) is 4.80. The Morgan fingerprint density at radius 3 is 2.50 bits per heavy atom. The highest BCUT2D eigenvalue weighted by molar-refractivity contribution is 7.11. The predicted molar refractivity (Wildman–Crippen MR) is 96.0 cm³/mol. The minimum absolute atomic E-state index is 0.190. The standard InChI is InChI=1S/C18H18N4OS/c1-18(2,3)22-9-14(23)15(16(22)20)17-21-13(10-24-17)12-6-4-11(8-19)5-7-12/h4-7,10,20,23H,9H2,1-3H3. The summed E-state index contributed by atoms with van der Waals surface area (Å²) < 4.78 is 0. The lowest BCUT2D eigenvalue weighted by Crippen LogP contribution is -2.43. The summed E-state index contributed by atoms with van der Waals surface area (Å²) in [5, 5.41) is 30.1. The largest absolute Gasteiger partial charge is 0.510 e. The van der Waals surface area contributed by atoms with Crippen molar-refractivity contribution in [2.45, 2.75) is 26.3 Å². The number of aliphatic hydroxyl groups is 1. The van der Waals surface area contributed by atoms with Gasteiger partial charge in [-0.25, -0.2) is 4.98 Å². The number of rotatable bonds is 2. The van der Waals surface area contributed by atoms with Crippen LogP contribution >= 0.6 is 11.3 Å². The van der Waals surface area contributed by atoms with Crippen molar-refractivity contribution in [3.8, 4) is 17.3 Å². The van der Waals surface area contributed by atoms with Crippen LogP contribution in [0.2, 0.25) is 0 Å². The number of hydrogen-bond acceptors (Lipinski definition) is 5. The zero-order valence-electron chi connectivity index (χ0n) is 13.8. The van der Waals surface area contributed by atoms with Gasteiger partial charge in [-0.15, -0.1) is 11.3 Å². The summed E-state index contributed by atoms with van der Waals surface area (Å²) in [4.78, 5) is 6.45. The van der Waals surface area contributed by atoms with Gasteiger partial charge in [0.05, 0.1) is 29.4 Å². The molecule has 0 bridgehead atoms. The van der Waals surface area contributed by atoms with Gasteiger partial charge < -0.3 is 10.0 Å². The second kappa shape index (κ2) is 5.77. The lowest BCUT2D eigenvalue weighted by Gasteiger charge is -2.33. The molecular weight excluding hydrogens is 320 g/mol. The van der Waals surface area contributed by atoms with E-state index in [1.807, 2.05) is 43.2 Å². The molecule has 122 valence electrons. The smallest absolute Gasteiger partial charge is 0.135 e. The molecular formula is C18H18N4OS. The fourth-order valence-electron chi connectivity index (χ4n) is 2.61. The molecule has 5 nitrogen and oxygen atoms in total. The van der Waals surface area contributed by atoms with Crippen LogP contribution in [-0.4, -0.2) is 32.9 Å². The van der Waals surface area contributed by atoms with E-state index in [0.29, 0.717) is 28.5 Å². The van der Waals surface area contributed by atoms with Gasteiger partial charge in [0.1, 0.15) is 16.6 Å². The maximum atomic E-state index is 10.3. The van der Waals surface area contributed by atoms with Crippen LogP contribution in [0.25, 0.3) is 16.8 Å². The molecule has 24 heavy (non-hydrogen) atoms. The molecule has 0 spiro atoms. The quantitative estimate of drug-likeness (QED) is 0.865. The average Bonchev–Trinajstić information content (AvgIpc) is 3.11. The Kier molecular flexibility index (Phi) is 3.90. The highest BCUT2D eigenvalue weighted by atomic mass is 32.1. The highest BCUT2D eigenvalue weighted by Crippen LogP contribution is 2.34. The van der Waals surface area contributed by atoms with Crippen molar-refractivity contribution in [2.24, 2.45) is 0 Å². The number of hydrogen-bond donors (Lipinski definition) is 2. The zero-order chi connectivity index (χ0) is 17.5. The Bertz CT molecular complexity index is 866. The van der Waals surface area contributed by atoms with E-state index in [9.17, 15) is 5.11 Å². The van der Waals surface area contributed by atoms with Gasteiger partial charge in [-0.2, -0.15) is 5.26 Å². The van der Waals surface area contributed by atoms with Gasteiger partial charge >= 0.3 is 0 Å². The van der Waals surface area contributed by atoms with E-state index in [1.165, 1.54) is 11.3 Å². The van der Waals surface area contributed by atoms with Gasteiger partial charge in [-0.3, -0.25) is 5.41 Å². The third kappa shape index (κ3) is 2.79. The Hall–Kier alpha value is -2.65. The van der Waals surface area contributed by atoms with E-state index in [-0.39, 0.29) is 11.3 Å². The summed E-state index contributed by atoms with van der Waals surface area (Å²) >= 11 is 1.41. The third-order valence-electron chi connectivity index (χ3n) is 3.94. The van der Waals surface area contributed by atoms with E-state index in [4.69, 9.17) is 10.7 Å². The first kappa shape index (κ1) is 16.2. The molecule has 0 saturated heterocycles. The van der Waals surface area contributed by atoms with Crippen LogP contribution in [0.1, 0.15) is 31.3 Å². The van der Waals surface area contributed by atoms with E-state index < -0.39 is 0 Å². The summed E-state index contributed by atoms with van der Waals surface area (Å²) in [6, 6.07) is 9.31. The van der Waals surface area contributed by atoms with Gasteiger partial charge in [0.15, 0.2) is 0 Å². The number of nitrogens with one attached hydrogen (secondary N) is 1. The van der Waals surface area contributed by atoms with Crippen LogP contribution in [0.3, 0.4) is 0 Å². The Balaban J connectivity index is 1.92. The number of aromatic nitrogens is 1. The van der Waals surface area contributed by atoms with Gasteiger partial charge in [0, 0.05) is 16.5 Å². The fourth-order valence-corrected chi connectivity index (χ4v) is 3.51. The number of nitrogens with zero attached hydrogens (tertiary/aromatic N) is 3. The molecule has 1 aliphatic rings. The predicted octanol–water partition coefficient (Wildman–Crippen LogP) is 4.04. The van der Waals surface area contributed by atoms with Crippen molar-refractivity contribution in [2.75, 3.05) is 6.54 Å². The summed E-state index contributed by atoms with van der Waals surface area (Å²) in [7, 11) is 0. The van der Waals surface area contributed by atoms with Crippen LogP contribution in [0.15, 0.2) is 35.4 Å². The van der Waals surface area contributed by atoms with E-state index >= 15 is 0 Å². The summed E-state index contributed by atoms with van der Waals surface area (Å²) in [5.41, 5.74) is 2.57. The molecule has 0 radical (unpaired) electrons. The van der Waals surface area contributed by atoms with E-state index in [1.54, 1.807) is 12.1 Å². The summed E-state index contributed by atoms with van der Waals surface area (Å²) in [6.07, 6.45) is 0. The highest BCUT2D eigenvalue weighted by Gasteiger charge is 2.36. The van der Waals surface area contributed by atoms with E-state index in [0.717, 1.165) is 11.3 Å². The second-order valence-electron chi connectivity index (χ2n) is 6.65. The number of amidine groups is 1. The number of nitriles is 1. The van der Waals surface area contributed by atoms with Gasteiger partial charge in [-0.1, -0.05) is 12.1 Å². The molecule has 0 aliphatic carbocycles. The van der Waals surface area contributed by atoms with Crippen LogP contribution in [0, 0.1) is 16.7 Å². The molecule has 6 heteroatoms. The maximum Gasteiger partial charge on any atom is 0.135 e. The molecule has 1 aliphatic heterocycles. The Morgan fingerprint density at radius 2 is 1.96 bits per heavy atom. The molecule has 2 heterocycles. The van der Waals surface area contributed by atoms with Crippen LogP contribution in [0.5, 0.6) is 0 Å². The molecule has 0 atom stereocenters. The van der Waals surface area contributed by atoms with Crippen molar-refractivity contribution < 1.29 is 5.11 Å². The molecule has 0 fully saturated rings. The molecule has 0 unspecified atom stereocenters. The van der Waals surface area contributed by atoms with Crippen molar-refractivity contribution in [3.05, 3.63) is 46.0 Å². The number of thiazole rings is 1. The van der Waals surface area contributed by atoms with Crippen LogP contribution in [0.4, 0.5) is 0 Å². The molecule has 0 amide bonds. The Morgan fingerprint density at radius 1 is 1.29 bits per heavy atom. The SMILES string of the molecule is CC(C)(C)N1CC(O)=C(c2nc(-c3ccc(C#N)cc3)cs2)C1=N. The molecule has 1 aromatic heterocycles. The first-order valence-corrected chi connectivity index (χ1v) is 8.44. The zero-order valence-corrected chi connectivity index (χ0v) is 14.6. The minimum Gasteiger partial charge on any atom is -0.510 e. The Labute approximate surface area is 145 Å². The minimum atomic E-state index is -0.236. The average molecular weight is 338 g/mol. The number of benzene rings is 1. The van der Waals surface area contributed by atoms with Crippen molar-refractivity contribution in [1.29, 1.82) is 10.7 Å². The van der Waals surface area contributed by atoms with E-state index in [2.05, 4.69) is 11.1 Å². The molecule has 1 aromatic carbocycles. The van der Waals surface area contributed by atoms with Gasteiger partial charge in [-0.05, 0) is 32.9 Å². The summed E-state index contributed by atoms with van der Waals surface area (Å²) in [6.45, 7) is 6.38. The molecule has 3 rings (SSSR count). The molecule has 2 aromatic rings. The molecule has 2 N–H and O–H groups in total. The first-order valence-electron chi connectivity index (χ1n) is 7.56. The number of aliphatic hydroxyl groups excluding tert-OH is 1. The van der Waals surface area contributed by atoms with Crippen LogP contribution < -0.4 is 0 Å². The van der Waals surface area contributed by atoms with Crippen molar-refractivity contribution >= 4 is 22.7 Å². The lowest BCUT2D eigenvalue weighted by molar-refractivity contribution is 0.235. The van der Waals surface area contributed by atoms with Gasteiger partial charge in [0.25, 0.3) is 0 Å². The first-order chi connectivity index (χ1) is 11.3. The second-order valence-corrected chi connectivity index (χ2v) is 7.51. The van der Waals surface area contributed by atoms with Crippen molar-refractivity contribution in [1.82, 2.24) is 9.88 Å². The lowest BCUT2D eigenvalue weighted by atomic mass is 10.1. The van der Waals surface area contributed by atoms with Crippen LogP contribution in [-0.2, 0) is 0 Å². The summed E-state index contributed by atoms with van der Waals surface area (Å²) in [5.74, 6) is 0.497. The monoisotopic (exact) mass is 338 g/mol. The fraction of sp³-hybridized carbons (Fsp3) is 0.278. The normalized spacial score (nSPS) is 15.1. The molecule has 0 saturated carbocycles. The van der Waals surface area contributed by atoms with Crippen molar-refractivity contribution in [3.63, 3.8) is 0 Å².